The molecule has 0 heterocycles. The Morgan fingerprint density at radius 3 is 2.45 bits per heavy atom. The lowest BCUT2D eigenvalue weighted by molar-refractivity contribution is 0.339. The fraction of sp³-hybridized carbons (Fsp3) is 0.571. The second kappa shape index (κ2) is 5.87. The number of nitrogens with one attached hydrogen (secondary N) is 2. The highest BCUT2D eigenvalue weighted by Gasteiger charge is 2.38. The number of hydrogen-bond donors (Lipinski definition) is 2. The van der Waals surface area contributed by atoms with Gasteiger partial charge in [-0.1, -0.05) is 39.9 Å². The average Bonchev–Trinajstić information content (AvgIpc) is 2.27. The molecule has 6 heteroatoms. The molecule has 4 nitrogen and oxygen atoms in total. The molecule has 0 spiro atoms. The molecule has 0 aliphatic heterocycles. The molecule has 1 unspecified atom stereocenters. The number of rotatable bonds is 5. The zero-order valence-corrected chi connectivity index (χ0v) is 15.1. The van der Waals surface area contributed by atoms with Crippen LogP contribution >= 0.6 is 0 Å². The van der Waals surface area contributed by atoms with Crippen LogP contribution in [0.15, 0.2) is 29.2 Å². The Morgan fingerprint density at radius 1 is 1.35 bits per heavy atom. The van der Waals surface area contributed by atoms with Crippen molar-refractivity contribution in [2.45, 2.75) is 50.7 Å². The highest BCUT2D eigenvalue weighted by molar-refractivity contribution is 7.92. The Labute approximate surface area is 124 Å². The van der Waals surface area contributed by atoms with E-state index in [1.54, 1.807) is 18.2 Å². The van der Waals surface area contributed by atoms with E-state index in [-0.39, 0.29) is 5.04 Å². The van der Waals surface area contributed by atoms with Gasteiger partial charge in [-0.15, -0.1) is 0 Å². The van der Waals surface area contributed by atoms with Gasteiger partial charge in [0.05, 0.1) is 11.5 Å². The van der Waals surface area contributed by atoms with E-state index in [4.69, 9.17) is 9.52 Å². The topological polar surface area (TPSA) is 62.2 Å². The standard InChI is InChI=1S/C14H26N2O2SSi/c1-7-18-12-9-8-10-13(11-12)19(15,17)16-20(5,6)14(2,3)4/h8-11H,7H2,1-6H3,(H2,15,16,17). The minimum absolute atomic E-state index is 0.0221. The third-order valence-electron chi connectivity index (χ3n) is 3.72. The summed E-state index contributed by atoms with van der Waals surface area (Å²) in [6.45, 7) is 13.0. The maximum Gasteiger partial charge on any atom is 0.140 e. The Balaban J connectivity index is 3.09. The van der Waals surface area contributed by atoms with Crippen molar-refractivity contribution in [3.8, 4) is 5.75 Å². The smallest absolute Gasteiger partial charge is 0.140 e. The van der Waals surface area contributed by atoms with Crippen LogP contribution in [-0.4, -0.2) is 19.1 Å². The van der Waals surface area contributed by atoms with Crippen molar-refractivity contribution in [1.29, 1.82) is 4.78 Å². The minimum Gasteiger partial charge on any atom is -0.494 e. The highest BCUT2D eigenvalue weighted by atomic mass is 32.2. The number of ether oxygens (including phenoxy) is 1. The van der Waals surface area contributed by atoms with Crippen LogP contribution in [0.3, 0.4) is 0 Å². The van der Waals surface area contributed by atoms with Gasteiger partial charge in [0.1, 0.15) is 23.9 Å². The van der Waals surface area contributed by atoms with E-state index in [9.17, 15) is 4.21 Å². The van der Waals surface area contributed by atoms with Crippen LogP contribution in [0.2, 0.25) is 18.1 Å². The third-order valence-corrected chi connectivity index (χ3v) is 11.6. The van der Waals surface area contributed by atoms with E-state index in [0.717, 1.165) is 0 Å². The van der Waals surface area contributed by atoms with Gasteiger partial charge in [-0.25, -0.2) is 13.4 Å². The van der Waals surface area contributed by atoms with Gasteiger partial charge in [0.25, 0.3) is 0 Å². The minimum atomic E-state index is -3.01. The summed E-state index contributed by atoms with van der Waals surface area (Å²) >= 11 is 0. The molecule has 114 valence electrons. The second-order valence-corrected chi connectivity index (χ2v) is 13.6. The molecule has 20 heavy (non-hydrogen) atoms. The highest BCUT2D eigenvalue weighted by Crippen LogP contribution is 2.35. The molecule has 0 bridgehead atoms. The average molecular weight is 315 g/mol. The summed E-state index contributed by atoms with van der Waals surface area (Å²) < 4.78 is 29.5. The van der Waals surface area contributed by atoms with Crippen LogP contribution in [0, 0.1) is 4.78 Å². The Hall–Kier alpha value is -0.853. The predicted molar refractivity (Wildman–Crippen MR) is 87.1 cm³/mol. The van der Waals surface area contributed by atoms with Crippen LogP contribution in [0.4, 0.5) is 0 Å². The maximum absolute atomic E-state index is 12.7. The van der Waals surface area contributed by atoms with Gasteiger partial charge in [-0.05, 0) is 30.2 Å². The van der Waals surface area contributed by atoms with Crippen molar-refractivity contribution >= 4 is 18.2 Å². The van der Waals surface area contributed by atoms with Gasteiger partial charge in [0.15, 0.2) is 0 Å². The monoisotopic (exact) mass is 314 g/mol. The summed E-state index contributed by atoms with van der Waals surface area (Å²) in [5.74, 6) is 0.655. The van der Waals surface area contributed by atoms with Gasteiger partial charge < -0.3 is 4.74 Å². The number of hydrogen-bond acceptors (Lipinski definition) is 3. The molecule has 1 aromatic carbocycles. The molecule has 0 fully saturated rings. The van der Waals surface area contributed by atoms with E-state index in [1.807, 2.05) is 13.0 Å². The molecule has 0 amide bonds. The molecule has 0 saturated heterocycles. The van der Waals surface area contributed by atoms with Gasteiger partial charge in [0, 0.05) is 0 Å². The molecule has 1 rings (SSSR count). The molecule has 0 aliphatic rings. The summed E-state index contributed by atoms with van der Waals surface area (Å²) in [5.41, 5.74) is 0. The molecule has 0 radical (unpaired) electrons. The molecule has 2 N–H and O–H groups in total. The molecular weight excluding hydrogens is 288 g/mol. The number of benzene rings is 1. The first kappa shape index (κ1) is 17.2. The summed E-state index contributed by atoms with van der Waals surface area (Å²) in [4.78, 5) is 0.480. The Kier molecular flexibility index (Phi) is 5.05. The van der Waals surface area contributed by atoms with Gasteiger partial charge in [0.2, 0.25) is 0 Å². The van der Waals surface area contributed by atoms with Crippen molar-refractivity contribution in [2.24, 2.45) is 0 Å². The summed E-state index contributed by atoms with van der Waals surface area (Å²) in [7, 11) is -5.02. The van der Waals surface area contributed by atoms with Crippen molar-refractivity contribution < 1.29 is 8.95 Å². The normalized spacial score (nSPS) is 15.7. The van der Waals surface area contributed by atoms with Crippen molar-refractivity contribution in [2.75, 3.05) is 6.61 Å². The lowest BCUT2D eigenvalue weighted by atomic mass is 10.2. The van der Waals surface area contributed by atoms with E-state index >= 15 is 0 Å². The van der Waals surface area contributed by atoms with E-state index in [1.165, 1.54) is 0 Å². The lowest BCUT2D eigenvalue weighted by Crippen LogP contribution is -2.54. The quantitative estimate of drug-likeness (QED) is 0.807. The van der Waals surface area contributed by atoms with Gasteiger partial charge in [-0.3, -0.25) is 0 Å². The molecule has 0 aromatic heterocycles. The maximum atomic E-state index is 12.7. The van der Waals surface area contributed by atoms with E-state index in [0.29, 0.717) is 17.3 Å². The second-order valence-electron chi connectivity index (χ2n) is 6.44. The summed E-state index contributed by atoms with van der Waals surface area (Å²) in [6.07, 6.45) is 0. The lowest BCUT2D eigenvalue weighted by Gasteiger charge is -2.37. The van der Waals surface area contributed by atoms with Crippen LogP contribution in [0.5, 0.6) is 5.75 Å². The fourth-order valence-corrected chi connectivity index (χ4v) is 6.60. The van der Waals surface area contributed by atoms with E-state index < -0.39 is 18.2 Å². The molecule has 1 atom stereocenters. The third kappa shape index (κ3) is 4.07. The van der Waals surface area contributed by atoms with Crippen molar-refractivity contribution in [3.05, 3.63) is 24.3 Å². The fourth-order valence-electron chi connectivity index (χ4n) is 1.48. The molecule has 1 aromatic rings. The zero-order chi connectivity index (χ0) is 15.6. The van der Waals surface area contributed by atoms with Crippen molar-refractivity contribution in [3.63, 3.8) is 0 Å². The Morgan fingerprint density at radius 2 is 1.95 bits per heavy atom. The summed E-state index contributed by atoms with van der Waals surface area (Å²) in [6, 6.07) is 7.01. The molecule has 0 aliphatic carbocycles. The largest absolute Gasteiger partial charge is 0.494 e. The van der Waals surface area contributed by atoms with Crippen LogP contribution in [0.25, 0.3) is 0 Å². The SMILES string of the molecule is CCOc1cccc(S(=N)(=O)N[Si](C)(C)C(C)(C)C)c1. The summed E-state index contributed by atoms with van der Waals surface area (Å²) in [5, 5.41) is 0.0221. The first-order valence-corrected chi connectivity index (χ1v) is 11.4. The Bertz CT molecular complexity index is 563. The van der Waals surface area contributed by atoms with Gasteiger partial charge in [-0.2, -0.15) is 0 Å². The van der Waals surface area contributed by atoms with Crippen LogP contribution < -0.4 is 9.12 Å². The first-order valence-electron chi connectivity index (χ1n) is 6.80. The molecular formula is C14H26N2O2SSi. The van der Waals surface area contributed by atoms with Crippen molar-refractivity contribution in [1.82, 2.24) is 4.39 Å². The van der Waals surface area contributed by atoms with Crippen LogP contribution in [-0.2, 0) is 9.92 Å². The predicted octanol–water partition coefficient (Wildman–Crippen LogP) is 4.00. The molecule has 0 saturated carbocycles. The van der Waals surface area contributed by atoms with E-state index in [2.05, 4.69) is 38.3 Å². The van der Waals surface area contributed by atoms with Gasteiger partial charge >= 0.3 is 0 Å². The zero-order valence-electron chi connectivity index (χ0n) is 13.2. The van der Waals surface area contributed by atoms with Crippen LogP contribution in [0.1, 0.15) is 27.7 Å². The first-order chi connectivity index (χ1) is 8.99.